The van der Waals surface area contributed by atoms with Gasteiger partial charge < -0.3 is 10.3 Å². The van der Waals surface area contributed by atoms with Crippen LogP contribution in [0.25, 0.3) is 22.2 Å². The maximum absolute atomic E-state index is 6.21. The van der Waals surface area contributed by atoms with Crippen LogP contribution in [0.3, 0.4) is 0 Å². The summed E-state index contributed by atoms with van der Waals surface area (Å²) in [4.78, 5) is 8.79. The largest absolute Gasteiger partial charge is 0.383 e. The quantitative estimate of drug-likeness (QED) is 0.786. The fraction of sp³-hybridized carbons (Fsp3) is 0.250. The van der Waals surface area contributed by atoms with Crippen molar-refractivity contribution < 1.29 is 0 Å². The van der Waals surface area contributed by atoms with Gasteiger partial charge in [0, 0.05) is 23.7 Å². The molecule has 0 aliphatic heterocycles. The van der Waals surface area contributed by atoms with Crippen molar-refractivity contribution in [3.05, 3.63) is 42.9 Å². The number of rotatable bonds is 4. The van der Waals surface area contributed by atoms with Gasteiger partial charge in [-0.05, 0) is 24.6 Å². The van der Waals surface area contributed by atoms with Gasteiger partial charge in [0.15, 0.2) is 0 Å². The molecule has 0 aliphatic carbocycles. The lowest BCUT2D eigenvalue weighted by molar-refractivity contribution is 0.637. The van der Waals surface area contributed by atoms with Crippen LogP contribution < -0.4 is 5.73 Å². The molecular formula is C16H18N4. The normalized spacial score (nSPS) is 11.1. The Kier molecular flexibility index (Phi) is 3.37. The molecule has 3 aromatic rings. The molecule has 2 aromatic heterocycles. The molecule has 102 valence electrons. The number of imidazole rings is 1. The Labute approximate surface area is 118 Å². The molecule has 0 saturated heterocycles. The average molecular weight is 266 g/mol. The van der Waals surface area contributed by atoms with E-state index in [4.69, 9.17) is 5.73 Å². The molecule has 0 aliphatic rings. The zero-order valence-corrected chi connectivity index (χ0v) is 11.6. The highest BCUT2D eigenvalue weighted by Gasteiger charge is 2.10. The molecule has 0 fully saturated rings. The van der Waals surface area contributed by atoms with Gasteiger partial charge in [0.05, 0.1) is 11.8 Å². The van der Waals surface area contributed by atoms with Crippen molar-refractivity contribution in [1.29, 1.82) is 0 Å². The van der Waals surface area contributed by atoms with Gasteiger partial charge in [0.2, 0.25) is 0 Å². The van der Waals surface area contributed by atoms with Crippen molar-refractivity contribution in [2.75, 3.05) is 5.73 Å². The number of aryl methyl sites for hydroxylation is 1. The van der Waals surface area contributed by atoms with Crippen molar-refractivity contribution >= 4 is 16.7 Å². The van der Waals surface area contributed by atoms with Gasteiger partial charge in [-0.25, -0.2) is 4.98 Å². The number of nitrogens with two attached hydrogens (primary N) is 1. The molecule has 0 unspecified atom stereocenters. The molecule has 0 atom stereocenters. The fourth-order valence-corrected chi connectivity index (χ4v) is 2.34. The van der Waals surface area contributed by atoms with E-state index in [0.717, 1.165) is 47.4 Å². The summed E-state index contributed by atoms with van der Waals surface area (Å²) in [5.74, 6) is 0.738. The van der Waals surface area contributed by atoms with Crippen LogP contribution in [0.1, 0.15) is 19.8 Å². The van der Waals surface area contributed by atoms with Gasteiger partial charge in [0.1, 0.15) is 11.5 Å². The van der Waals surface area contributed by atoms with E-state index in [9.17, 15) is 0 Å². The van der Waals surface area contributed by atoms with Crippen LogP contribution in [0.4, 0.5) is 5.82 Å². The Morgan fingerprint density at radius 2 is 2.10 bits per heavy atom. The third kappa shape index (κ3) is 2.25. The number of hydrogen-bond donors (Lipinski definition) is 1. The topological polar surface area (TPSA) is 56.7 Å². The predicted molar refractivity (Wildman–Crippen MR) is 82.3 cm³/mol. The summed E-state index contributed by atoms with van der Waals surface area (Å²) in [7, 11) is 0. The zero-order valence-electron chi connectivity index (χ0n) is 11.6. The third-order valence-electron chi connectivity index (χ3n) is 3.51. The highest BCUT2D eigenvalue weighted by atomic mass is 15.1. The van der Waals surface area contributed by atoms with E-state index in [2.05, 4.69) is 29.0 Å². The van der Waals surface area contributed by atoms with Crippen molar-refractivity contribution in [3.63, 3.8) is 0 Å². The molecule has 0 saturated carbocycles. The Morgan fingerprint density at radius 3 is 2.95 bits per heavy atom. The van der Waals surface area contributed by atoms with E-state index in [1.807, 2.05) is 29.1 Å². The molecule has 1 aromatic carbocycles. The lowest BCUT2D eigenvalue weighted by Gasteiger charge is -2.05. The summed E-state index contributed by atoms with van der Waals surface area (Å²) in [5, 5.41) is 1.10. The molecule has 2 heterocycles. The lowest BCUT2D eigenvalue weighted by Crippen LogP contribution is -2.02. The highest BCUT2D eigenvalue weighted by Crippen LogP contribution is 2.27. The van der Waals surface area contributed by atoms with Crippen LogP contribution in [-0.2, 0) is 6.54 Å². The number of nitrogen functional groups attached to an aromatic ring is 1. The molecule has 4 nitrogen and oxygen atoms in total. The molecule has 0 amide bonds. The van der Waals surface area contributed by atoms with Crippen molar-refractivity contribution in [2.24, 2.45) is 0 Å². The number of pyridine rings is 1. The second kappa shape index (κ2) is 5.33. The maximum atomic E-state index is 6.21. The number of nitrogens with zero attached hydrogens (tertiary/aromatic N) is 3. The highest BCUT2D eigenvalue weighted by molar-refractivity contribution is 5.85. The Morgan fingerprint density at radius 1 is 1.20 bits per heavy atom. The molecule has 3 rings (SSSR count). The first-order chi connectivity index (χ1) is 9.79. The smallest absolute Gasteiger partial charge is 0.131 e. The van der Waals surface area contributed by atoms with Crippen molar-refractivity contribution in [1.82, 2.24) is 14.5 Å². The Hall–Kier alpha value is -2.36. The zero-order chi connectivity index (χ0) is 13.9. The molecule has 20 heavy (non-hydrogen) atoms. The fourth-order valence-electron chi connectivity index (χ4n) is 2.34. The summed E-state index contributed by atoms with van der Waals surface area (Å²) < 4.78 is 2.02. The van der Waals surface area contributed by atoms with Gasteiger partial charge in [-0.1, -0.05) is 25.5 Å². The summed E-state index contributed by atoms with van der Waals surface area (Å²) in [6, 6.07) is 10.1. The monoisotopic (exact) mass is 266 g/mol. The maximum Gasteiger partial charge on any atom is 0.131 e. The Bertz CT molecular complexity index is 730. The van der Waals surface area contributed by atoms with E-state index >= 15 is 0 Å². The number of unbranched alkanes of at least 4 members (excludes halogenated alkanes) is 1. The molecule has 0 bridgehead atoms. The van der Waals surface area contributed by atoms with Crippen molar-refractivity contribution in [2.45, 2.75) is 26.3 Å². The third-order valence-corrected chi connectivity index (χ3v) is 3.51. The van der Waals surface area contributed by atoms with Crippen molar-refractivity contribution in [3.8, 4) is 11.3 Å². The van der Waals surface area contributed by atoms with Crippen LogP contribution in [0.2, 0.25) is 0 Å². The number of benzene rings is 1. The van der Waals surface area contributed by atoms with Gasteiger partial charge in [0.25, 0.3) is 0 Å². The minimum absolute atomic E-state index is 0.738. The minimum atomic E-state index is 0.738. The van der Waals surface area contributed by atoms with Crippen LogP contribution in [0, 0.1) is 0 Å². The van der Waals surface area contributed by atoms with Crippen LogP contribution in [-0.4, -0.2) is 14.5 Å². The summed E-state index contributed by atoms with van der Waals surface area (Å²) in [6.07, 6.45) is 5.89. The second-order valence-corrected chi connectivity index (χ2v) is 4.94. The van der Waals surface area contributed by atoms with E-state index in [-0.39, 0.29) is 0 Å². The summed E-state index contributed by atoms with van der Waals surface area (Å²) in [5.41, 5.74) is 9.08. The first-order valence-corrected chi connectivity index (χ1v) is 6.95. The van der Waals surface area contributed by atoms with Gasteiger partial charge in [-0.3, -0.25) is 4.98 Å². The van der Waals surface area contributed by atoms with Gasteiger partial charge in [-0.2, -0.15) is 0 Å². The molecule has 4 heteroatoms. The molecule has 0 spiro atoms. The van der Waals surface area contributed by atoms with E-state index in [1.165, 1.54) is 0 Å². The lowest BCUT2D eigenvalue weighted by atomic mass is 10.1. The molecule has 0 radical (unpaired) electrons. The van der Waals surface area contributed by atoms with Crippen LogP contribution in [0.15, 0.2) is 42.9 Å². The number of hydrogen-bond acceptors (Lipinski definition) is 3. The van der Waals surface area contributed by atoms with E-state index in [1.54, 1.807) is 6.20 Å². The average Bonchev–Trinajstić information content (AvgIpc) is 2.85. The minimum Gasteiger partial charge on any atom is -0.383 e. The first-order valence-electron chi connectivity index (χ1n) is 6.95. The summed E-state index contributed by atoms with van der Waals surface area (Å²) >= 11 is 0. The van der Waals surface area contributed by atoms with Crippen LogP contribution in [0.5, 0.6) is 0 Å². The van der Waals surface area contributed by atoms with Crippen LogP contribution >= 0.6 is 0 Å². The number of anilines is 1. The van der Waals surface area contributed by atoms with Gasteiger partial charge in [-0.15, -0.1) is 0 Å². The second-order valence-electron chi connectivity index (χ2n) is 4.94. The number of fused-ring (bicyclic) bond motifs is 1. The summed E-state index contributed by atoms with van der Waals surface area (Å²) in [6.45, 7) is 3.09. The molecule has 2 N–H and O–H groups in total. The molecular weight excluding hydrogens is 248 g/mol. The standard InChI is InChI=1S/C16H18N4/c1-2-3-9-20-11-19-15(16(20)17)13-6-7-14-12(10-13)5-4-8-18-14/h4-8,10-11H,2-3,9,17H2,1H3. The SMILES string of the molecule is CCCCn1cnc(-c2ccc3ncccc3c2)c1N. The van der Waals surface area contributed by atoms with E-state index in [0.29, 0.717) is 0 Å². The predicted octanol–water partition coefficient (Wildman–Crippen LogP) is 3.48. The van der Waals surface area contributed by atoms with Gasteiger partial charge >= 0.3 is 0 Å². The van der Waals surface area contributed by atoms with E-state index < -0.39 is 0 Å². The Balaban J connectivity index is 2.00. The first kappa shape index (κ1) is 12.7. The number of aromatic nitrogens is 3.